The number of hydrogen-bond acceptors (Lipinski definition) is 5. The maximum Gasteiger partial charge on any atom is 0.253 e. The van der Waals surface area contributed by atoms with Crippen LogP contribution in [0.5, 0.6) is 0 Å². The van der Waals surface area contributed by atoms with Crippen LogP contribution in [0.25, 0.3) is 11.1 Å². The van der Waals surface area contributed by atoms with Crippen LogP contribution in [0.4, 0.5) is 10.2 Å². The van der Waals surface area contributed by atoms with E-state index < -0.39 is 11.9 Å². The fourth-order valence-electron chi connectivity index (χ4n) is 4.00. The number of benzene rings is 2. The predicted molar refractivity (Wildman–Crippen MR) is 136 cm³/mol. The fourth-order valence-corrected chi connectivity index (χ4v) is 5.94. The summed E-state index contributed by atoms with van der Waals surface area (Å²) in [7, 11) is 0. The molecule has 1 fully saturated rings. The summed E-state index contributed by atoms with van der Waals surface area (Å²) in [6.45, 7) is 2.89. The molecule has 0 spiro atoms. The van der Waals surface area contributed by atoms with Crippen LogP contribution >= 0.6 is 35.0 Å². The Labute approximate surface area is 212 Å². The average Bonchev–Trinajstić information content (AvgIpc) is 2.83. The highest BCUT2D eigenvalue weighted by atomic mass is 35.5. The first-order valence-electron chi connectivity index (χ1n) is 10.9. The van der Waals surface area contributed by atoms with E-state index in [0.717, 1.165) is 24.0 Å². The zero-order chi connectivity index (χ0) is 24.4. The number of nitrogens with two attached hydrogens (primary N) is 1. The highest BCUT2D eigenvalue weighted by molar-refractivity contribution is 7.99. The van der Waals surface area contributed by atoms with Crippen LogP contribution in [-0.2, 0) is 0 Å². The summed E-state index contributed by atoms with van der Waals surface area (Å²) >= 11 is 13.8. The second kappa shape index (κ2) is 10.5. The Morgan fingerprint density at radius 1 is 1.24 bits per heavy atom. The van der Waals surface area contributed by atoms with Crippen molar-refractivity contribution in [1.29, 1.82) is 0 Å². The lowest BCUT2D eigenvalue weighted by atomic mass is 10.0. The number of aliphatic hydroxyl groups excluding tert-OH is 1. The van der Waals surface area contributed by atoms with Gasteiger partial charge < -0.3 is 15.7 Å². The van der Waals surface area contributed by atoms with Crippen LogP contribution in [0.3, 0.4) is 0 Å². The minimum Gasteiger partial charge on any atom is -0.391 e. The third-order valence-electron chi connectivity index (χ3n) is 5.82. The van der Waals surface area contributed by atoms with Gasteiger partial charge in [-0.15, -0.1) is 11.8 Å². The summed E-state index contributed by atoms with van der Waals surface area (Å²) in [5.74, 6) is -0.267. The Bertz CT molecular complexity index is 1210. The molecular formula is C25H24Cl2FN3O2S. The van der Waals surface area contributed by atoms with Crippen molar-refractivity contribution in [2.24, 2.45) is 0 Å². The second-order valence-electron chi connectivity index (χ2n) is 8.25. The molecule has 0 radical (unpaired) electrons. The van der Waals surface area contributed by atoms with Gasteiger partial charge >= 0.3 is 0 Å². The van der Waals surface area contributed by atoms with E-state index in [0.29, 0.717) is 40.0 Å². The first-order chi connectivity index (χ1) is 16.2. The highest BCUT2D eigenvalue weighted by Gasteiger charge is 2.23. The van der Waals surface area contributed by atoms with Crippen LogP contribution < -0.4 is 5.73 Å². The molecule has 2 atom stereocenters. The number of thioether (sulfide) groups is 1. The molecule has 0 aliphatic carbocycles. The molecule has 3 aromatic rings. The average molecular weight is 520 g/mol. The molecule has 0 bridgehead atoms. The van der Waals surface area contributed by atoms with E-state index in [9.17, 15) is 14.3 Å². The maximum atomic E-state index is 14.0. The third kappa shape index (κ3) is 5.33. The van der Waals surface area contributed by atoms with Crippen molar-refractivity contribution in [1.82, 2.24) is 9.88 Å². The molecule has 3 N–H and O–H groups in total. The lowest BCUT2D eigenvalue weighted by molar-refractivity contribution is 0.0474. The number of pyridine rings is 1. The zero-order valence-corrected chi connectivity index (χ0v) is 20.8. The topological polar surface area (TPSA) is 79.5 Å². The molecule has 1 aliphatic heterocycles. The number of anilines is 1. The smallest absolute Gasteiger partial charge is 0.253 e. The first-order valence-corrected chi connectivity index (χ1v) is 12.5. The number of piperidine rings is 1. The van der Waals surface area contributed by atoms with Gasteiger partial charge in [0.25, 0.3) is 5.91 Å². The number of amides is 1. The Morgan fingerprint density at radius 2 is 1.97 bits per heavy atom. The monoisotopic (exact) mass is 519 g/mol. The van der Waals surface area contributed by atoms with Crippen LogP contribution in [0.15, 0.2) is 53.6 Å². The molecule has 2 unspecified atom stereocenters. The van der Waals surface area contributed by atoms with E-state index >= 15 is 0 Å². The number of carbonyl (C=O) groups excluding carboxylic acids is 1. The standard InChI is InChI=1S/C25H24Cl2FN3O2S/c1-14(22-19(26)8-9-20(28)23(22)27)34-21-11-17(12-30-24(21)29)15-4-6-16(7-5-15)25(33)31-10-2-3-18(32)13-31/h4-9,11-12,14,18,32H,2-3,10,13H2,1H3,(H2,29,30). The van der Waals surface area contributed by atoms with E-state index in [2.05, 4.69) is 4.98 Å². The molecular weight excluding hydrogens is 496 g/mol. The summed E-state index contributed by atoms with van der Waals surface area (Å²) in [5, 5.41) is 9.96. The number of aromatic nitrogens is 1. The van der Waals surface area contributed by atoms with Crippen LogP contribution in [0.1, 0.15) is 40.9 Å². The molecule has 1 aromatic heterocycles. The van der Waals surface area contributed by atoms with Crippen molar-refractivity contribution in [3.8, 4) is 11.1 Å². The van der Waals surface area contributed by atoms with Gasteiger partial charge in [0, 0.05) is 46.2 Å². The second-order valence-corrected chi connectivity index (χ2v) is 10.4. The van der Waals surface area contributed by atoms with Gasteiger partial charge in [0.05, 0.1) is 16.0 Å². The van der Waals surface area contributed by atoms with Gasteiger partial charge in [-0.25, -0.2) is 9.37 Å². The number of likely N-dealkylation sites (tertiary alicyclic amines) is 1. The molecule has 0 saturated carbocycles. The Kier molecular flexibility index (Phi) is 7.67. The van der Waals surface area contributed by atoms with E-state index in [1.807, 2.05) is 25.1 Å². The molecule has 4 rings (SSSR count). The number of carbonyl (C=O) groups is 1. The number of β-amino-alcohol motifs (C(OH)–C–C–N with tert-alkyl or cyclic N) is 1. The number of nitrogens with zero attached hydrogens (tertiary/aromatic N) is 2. The normalized spacial score (nSPS) is 17.0. The van der Waals surface area contributed by atoms with Gasteiger partial charge in [0.2, 0.25) is 0 Å². The molecule has 2 aromatic carbocycles. The summed E-state index contributed by atoms with van der Waals surface area (Å²) in [6.07, 6.45) is 2.73. The van der Waals surface area contributed by atoms with E-state index in [1.54, 1.807) is 23.2 Å². The predicted octanol–water partition coefficient (Wildman–Crippen LogP) is 6.23. The molecule has 1 aliphatic rings. The lowest BCUT2D eigenvalue weighted by Gasteiger charge is -2.30. The molecule has 178 valence electrons. The Hall–Kier alpha value is -2.32. The van der Waals surface area contributed by atoms with E-state index in [-0.39, 0.29) is 16.2 Å². The number of aliphatic hydroxyl groups is 1. The van der Waals surface area contributed by atoms with Crippen LogP contribution in [0.2, 0.25) is 10.0 Å². The van der Waals surface area contributed by atoms with Crippen molar-refractivity contribution in [2.75, 3.05) is 18.8 Å². The fraction of sp³-hybridized carbons (Fsp3) is 0.280. The number of nitrogen functional groups attached to an aromatic ring is 1. The van der Waals surface area contributed by atoms with Crippen molar-refractivity contribution in [3.05, 3.63) is 75.7 Å². The van der Waals surface area contributed by atoms with Gasteiger partial charge in [-0.05, 0) is 55.7 Å². The quantitative estimate of drug-likeness (QED) is 0.308. The van der Waals surface area contributed by atoms with Gasteiger partial charge in [-0.1, -0.05) is 35.3 Å². The van der Waals surface area contributed by atoms with E-state index in [1.165, 1.54) is 23.9 Å². The van der Waals surface area contributed by atoms with E-state index in [4.69, 9.17) is 28.9 Å². The maximum absolute atomic E-state index is 14.0. The first kappa shape index (κ1) is 24.8. The van der Waals surface area contributed by atoms with Gasteiger partial charge in [-0.2, -0.15) is 0 Å². The lowest BCUT2D eigenvalue weighted by Crippen LogP contribution is -2.42. The largest absolute Gasteiger partial charge is 0.391 e. The molecule has 34 heavy (non-hydrogen) atoms. The minimum atomic E-state index is -0.526. The van der Waals surface area contributed by atoms with Crippen LogP contribution in [0, 0.1) is 5.82 Å². The van der Waals surface area contributed by atoms with Crippen molar-refractivity contribution < 1.29 is 14.3 Å². The summed E-state index contributed by atoms with van der Waals surface area (Å²) in [6, 6.07) is 11.9. The summed E-state index contributed by atoms with van der Waals surface area (Å²) in [4.78, 5) is 19.5. The van der Waals surface area contributed by atoms with Gasteiger partial charge in [0.1, 0.15) is 11.6 Å². The molecule has 5 nitrogen and oxygen atoms in total. The zero-order valence-electron chi connectivity index (χ0n) is 18.5. The number of halogens is 3. The molecule has 1 amide bonds. The van der Waals surface area contributed by atoms with Crippen molar-refractivity contribution in [3.63, 3.8) is 0 Å². The summed E-state index contributed by atoms with van der Waals surface area (Å²) in [5.41, 5.74) is 8.89. The molecule has 9 heteroatoms. The highest BCUT2D eigenvalue weighted by Crippen LogP contribution is 2.44. The van der Waals surface area contributed by atoms with Gasteiger partial charge in [-0.3, -0.25) is 4.79 Å². The van der Waals surface area contributed by atoms with Crippen molar-refractivity contribution in [2.45, 2.75) is 36.0 Å². The SMILES string of the molecule is CC(Sc1cc(-c2ccc(C(=O)N3CCCC(O)C3)cc2)cnc1N)c1c(Cl)ccc(F)c1Cl. The Balaban J connectivity index is 1.54. The molecule has 1 saturated heterocycles. The summed E-state index contributed by atoms with van der Waals surface area (Å²) < 4.78 is 14.0. The van der Waals surface area contributed by atoms with Gasteiger partial charge in [0.15, 0.2) is 0 Å². The third-order valence-corrected chi connectivity index (χ3v) is 7.70. The number of rotatable bonds is 5. The Morgan fingerprint density at radius 3 is 2.68 bits per heavy atom. The van der Waals surface area contributed by atoms with Crippen LogP contribution in [-0.4, -0.2) is 40.1 Å². The van der Waals surface area contributed by atoms with Crippen molar-refractivity contribution >= 4 is 46.7 Å². The number of hydrogen-bond donors (Lipinski definition) is 2. The minimum absolute atomic E-state index is 0.00309. The molecule has 2 heterocycles.